The second kappa shape index (κ2) is 7.52. The summed E-state index contributed by atoms with van der Waals surface area (Å²) in [4.78, 5) is 23.2. The number of nitrogens with one attached hydrogen (secondary N) is 2. The van der Waals surface area contributed by atoms with E-state index in [0.29, 0.717) is 12.2 Å². The van der Waals surface area contributed by atoms with E-state index in [2.05, 4.69) is 10.6 Å². The molecule has 7 nitrogen and oxygen atoms in total. The normalized spacial score (nSPS) is 16.8. The number of nitrogens with zero attached hydrogens (tertiary/aromatic N) is 1. The first-order valence-electron chi connectivity index (χ1n) is 7.71. The van der Waals surface area contributed by atoms with Crippen LogP contribution in [0.2, 0.25) is 0 Å². The number of hydrogen-bond donors (Lipinski definition) is 2. The molecule has 7 heteroatoms. The molecule has 0 saturated carbocycles. The topological polar surface area (TPSA) is 93.5 Å². The predicted octanol–water partition coefficient (Wildman–Crippen LogP) is 1.54. The molecule has 1 saturated heterocycles. The molecule has 2 rings (SSSR count). The summed E-state index contributed by atoms with van der Waals surface area (Å²) in [5.74, 6) is -0.0493. The third-order valence-corrected chi connectivity index (χ3v) is 4.52. The van der Waals surface area contributed by atoms with Crippen molar-refractivity contribution in [3.05, 3.63) is 39.4 Å². The molecule has 0 bridgehead atoms. The smallest absolute Gasteiger partial charge is 0.272 e. The molecule has 1 aromatic carbocycles. The van der Waals surface area contributed by atoms with Gasteiger partial charge in [0.25, 0.3) is 5.69 Å². The summed E-state index contributed by atoms with van der Waals surface area (Å²) in [6.07, 6.45) is 1.45. The lowest BCUT2D eigenvalue weighted by molar-refractivity contribution is -0.385. The second-order valence-electron chi connectivity index (χ2n) is 5.96. The number of methoxy groups -OCH3 is 1. The molecule has 2 N–H and O–H groups in total. The van der Waals surface area contributed by atoms with E-state index in [9.17, 15) is 14.9 Å². The molecular formula is C16H23N3O4. The minimum Gasteiger partial charge on any atom is -0.384 e. The largest absolute Gasteiger partial charge is 0.384 e. The lowest BCUT2D eigenvalue weighted by Crippen LogP contribution is -2.50. The first-order chi connectivity index (χ1) is 11.0. The molecule has 1 fully saturated rings. The van der Waals surface area contributed by atoms with Crippen LogP contribution in [0.4, 0.5) is 5.69 Å². The van der Waals surface area contributed by atoms with Crippen LogP contribution in [-0.4, -0.2) is 37.6 Å². The summed E-state index contributed by atoms with van der Waals surface area (Å²) in [7, 11) is 1.60. The number of carbonyl (C=O) groups is 1. The molecule has 1 aliphatic heterocycles. The Bertz CT molecular complexity index is 577. The van der Waals surface area contributed by atoms with Gasteiger partial charge in [0.1, 0.15) is 0 Å². The summed E-state index contributed by atoms with van der Waals surface area (Å²) in [5, 5.41) is 17.2. The molecule has 0 atom stereocenters. The number of hydrogen-bond acceptors (Lipinski definition) is 5. The molecule has 0 radical (unpaired) electrons. The first kappa shape index (κ1) is 17.4. The molecule has 1 aromatic rings. The molecule has 0 aromatic heterocycles. The maximum atomic E-state index is 12.7. The number of rotatable bonds is 6. The van der Waals surface area contributed by atoms with Crippen molar-refractivity contribution in [3.63, 3.8) is 0 Å². The Labute approximate surface area is 135 Å². The van der Waals surface area contributed by atoms with E-state index < -0.39 is 10.3 Å². The van der Waals surface area contributed by atoms with Gasteiger partial charge in [-0.1, -0.05) is 12.1 Å². The van der Waals surface area contributed by atoms with Crippen molar-refractivity contribution in [1.29, 1.82) is 0 Å². The number of ether oxygens (including phenoxy) is 1. The number of nitro benzene ring substituents is 1. The summed E-state index contributed by atoms with van der Waals surface area (Å²) < 4.78 is 5.25. The maximum absolute atomic E-state index is 12.7. The van der Waals surface area contributed by atoms with Crippen LogP contribution >= 0.6 is 0 Å². The number of benzene rings is 1. The second-order valence-corrected chi connectivity index (χ2v) is 5.96. The fraction of sp³-hybridized carbons (Fsp3) is 0.562. The van der Waals surface area contributed by atoms with Gasteiger partial charge in [-0.2, -0.15) is 0 Å². The van der Waals surface area contributed by atoms with Crippen LogP contribution in [0.3, 0.4) is 0 Å². The van der Waals surface area contributed by atoms with Crippen LogP contribution in [0.25, 0.3) is 0 Å². The predicted molar refractivity (Wildman–Crippen MR) is 86.1 cm³/mol. The molecule has 0 spiro atoms. The quantitative estimate of drug-likeness (QED) is 0.612. The van der Waals surface area contributed by atoms with Gasteiger partial charge >= 0.3 is 0 Å². The number of nitro groups is 1. The van der Waals surface area contributed by atoms with Crippen molar-refractivity contribution in [2.45, 2.75) is 26.3 Å². The van der Waals surface area contributed by atoms with Gasteiger partial charge in [-0.15, -0.1) is 0 Å². The lowest BCUT2D eigenvalue weighted by Gasteiger charge is -2.35. The van der Waals surface area contributed by atoms with Crippen molar-refractivity contribution >= 4 is 11.6 Å². The standard InChI is InChI=1S/C16H23N3O4/c1-12-13(4-3-5-14(12)19(21)22)10-18-15(20)16(11-23-2)6-8-17-9-7-16/h3-5,17H,6-11H2,1-2H3,(H,18,20). The van der Waals surface area contributed by atoms with E-state index in [-0.39, 0.29) is 18.1 Å². The fourth-order valence-electron chi connectivity index (χ4n) is 3.04. The minimum absolute atomic E-state index is 0.0493. The highest BCUT2D eigenvalue weighted by molar-refractivity contribution is 5.83. The van der Waals surface area contributed by atoms with Gasteiger partial charge in [0, 0.05) is 25.3 Å². The number of amides is 1. The Morgan fingerprint density at radius 2 is 2.13 bits per heavy atom. The minimum atomic E-state index is -0.519. The van der Waals surface area contributed by atoms with Crippen LogP contribution in [-0.2, 0) is 16.1 Å². The number of carbonyl (C=O) groups excluding carboxylic acids is 1. The molecule has 126 valence electrons. The zero-order valence-electron chi connectivity index (χ0n) is 13.6. The van der Waals surface area contributed by atoms with Crippen LogP contribution < -0.4 is 10.6 Å². The van der Waals surface area contributed by atoms with Crippen LogP contribution in [0.5, 0.6) is 0 Å². The zero-order chi connectivity index (χ0) is 16.9. The summed E-state index contributed by atoms with van der Waals surface area (Å²) in [6, 6.07) is 4.91. The average molecular weight is 321 g/mol. The summed E-state index contributed by atoms with van der Waals surface area (Å²) >= 11 is 0. The SMILES string of the molecule is COCC1(C(=O)NCc2cccc([N+](=O)[O-])c2C)CCNCC1. The summed E-state index contributed by atoms with van der Waals surface area (Å²) in [5.41, 5.74) is 0.900. The van der Waals surface area contributed by atoms with Crippen molar-refractivity contribution in [3.8, 4) is 0 Å². The molecule has 1 aliphatic rings. The first-order valence-corrected chi connectivity index (χ1v) is 7.71. The van der Waals surface area contributed by atoms with Crippen LogP contribution in [0.15, 0.2) is 18.2 Å². The van der Waals surface area contributed by atoms with Gasteiger partial charge in [-0.05, 0) is 38.4 Å². The van der Waals surface area contributed by atoms with E-state index in [0.717, 1.165) is 31.5 Å². The van der Waals surface area contributed by atoms with Crippen LogP contribution in [0.1, 0.15) is 24.0 Å². The fourth-order valence-corrected chi connectivity index (χ4v) is 3.04. The van der Waals surface area contributed by atoms with Gasteiger partial charge < -0.3 is 15.4 Å². The Morgan fingerprint density at radius 3 is 2.74 bits per heavy atom. The van der Waals surface area contributed by atoms with Gasteiger partial charge in [0.2, 0.25) is 5.91 Å². The monoisotopic (exact) mass is 321 g/mol. The van der Waals surface area contributed by atoms with Crippen molar-refractivity contribution in [2.75, 3.05) is 26.8 Å². The van der Waals surface area contributed by atoms with E-state index in [1.807, 2.05) is 0 Å². The summed E-state index contributed by atoms with van der Waals surface area (Å²) in [6.45, 7) is 3.94. The van der Waals surface area contributed by atoms with E-state index in [4.69, 9.17) is 4.74 Å². The number of piperidine rings is 1. The molecular weight excluding hydrogens is 298 g/mol. The third-order valence-electron chi connectivity index (χ3n) is 4.52. The molecule has 1 amide bonds. The highest BCUT2D eigenvalue weighted by Gasteiger charge is 2.39. The van der Waals surface area contributed by atoms with Crippen molar-refractivity contribution in [2.24, 2.45) is 5.41 Å². The molecule has 23 heavy (non-hydrogen) atoms. The average Bonchev–Trinajstić information content (AvgIpc) is 2.54. The van der Waals surface area contributed by atoms with E-state index >= 15 is 0 Å². The van der Waals surface area contributed by atoms with Gasteiger partial charge in [0.05, 0.1) is 16.9 Å². The third kappa shape index (κ3) is 3.86. The Morgan fingerprint density at radius 1 is 1.43 bits per heavy atom. The van der Waals surface area contributed by atoms with Gasteiger partial charge in [0.15, 0.2) is 0 Å². The van der Waals surface area contributed by atoms with Crippen LogP contribution in [0, 0.1) is 22.5 Å². The lowest BCUT2D eigenvalue weighted by atomic mass is 9.78. The molecule has 1 heterocycles. The highest BCUT2D eigenvalue weighted by Crippen LogP contribution is 2.30. The Kier molecular flexibility index (Phi) is 5.68. The molecule has 0 unspecified atom stereocenters. The van der Waals surface area contributed by atoms with Crippen molar-refractivity contribution in [1.82, 2.24) is 10.6 Å². The Hall–Kier alpha value is -1.99. The zero-order valence-corrected chi connectivity index (χ0v) is 13.6. The van der Waals surface area contributed by atoms with Crippen molar-refractivity contribution < 1.29 is 14.5 Å². The molecule has 0 aliphatic carbocycles. The van der Waals surface area contributed by atoms with Gasteiger partial charge in [-0.25, -0.2) is 0 Å². The van der Waals surface area contributed by atoms with E-state index in [1.165, 1.54) is 6.07 Å². The van der Waals surface area contributed by atoms with Gasteiger partial charge in [-0.3, -0.25) is 14.9 Å². The van der Waals surface area contributed by atoms with E-state index in [1.54, 1.807) is 26.2 Å². The maximum Gasteiger partial charge on any atom is 0.272 e. The highest BCUT2D eigenvalue weighted by atomic mass is 16.6. The Balaban J connectivity index is 2.09.